The maximum atomic E-state index is 10.1. The maximum absolute atomic E-state index is 10.1. The molecular weight excluding hydrogens is 112 g/mol. The molecule has 0 saturated heterocycles. The van der Waals surface area contributed by atoms with Gasteiger partial charge in [0.15, 0.2) is 0 Å². The van der Waals surface area contributed by atoms with Crippen molar-refractivity contribution in [1.82, 2.24) is 0 Å². The molecule has 0 unspecified atom stereocenters. The van der Waals surface area contributed by atoms with Crippen LogP contribution in [0.15, 0.2) is 6.08 Å². The summed E-state index contributed by atoms with van der Waals surface area (Å²) in [5.74, 6) is 1.37. The molecule has 3 heteroatoms. The van der Waals surface area contributed by atoms with Crippen molar-refractivity contribution in [3.63, 3.8) is 0 Å². The lowest BCUT2D eigenvalue weighted by molar-refractivity contribution is -0.106. The smallest absolute Gasteiger partial charge is 0.222 e. The van der Waals surface area contributed by atoms with E-state index < -0.39 is 0 Å². The average molecular weight is 116 g/mol. The van der Waals surface area contributed by atoms with Crippen LogP contribution in [0, 0.1) is 0 Å². The number of carbonyl (C=O) groups is 1. The standard InChI is InChI=1S/C4H4O2S/c1-7-4(6)2-3-5/h2H,1H3. The molecule has 0 saturated carbocycles. The topological polar surface area (TPSA) is 34.1 Å². The van der Waals surface area contributed by atoms with Gasteiger partial charge in [-0.05, 0) is 6.26 Å². The summed E-state index contributed by atoms with van der Waals surface area (Å²) in [6, 6.07) is 0. The molecule has 0 N–H and O–H groups in total. The Bertz CT molecular complexity index is 113. The van der Waals surface area contributed by atoms with Gasteiger partial charge >= 0.3 is 0 Å². The van der Waals surface area contributed by atoms with E-state index in [2.05, 4.69) is 0 Å². The molecule has 38 valence electrons. The van der Waals surface area contributed by atoms with Crippen LogP contribution in [0.4, 0.5) is 0 Å². The Morgan fingerprint density at radius 2 is 2.43 bits per heavy atom. The molecule has 7 heavy (non-hydrogen) atoms. The van der Waals surface area contributed by atoms with Gasteiger partial charge in [0.2, 0.25) is 5.12 Å². The quantitative estimate of drug-likeness (QED) is 0.364. The molecule has 0 radical (unpaired) electrons. The van der Waals surface area contributed by atoms with Gasteiger partial charge in [-0.3, -0.25) is 4.79 Å². The summed E-state index contributed by atoms with van der Waals surface area (Å²) in [7, 11) is 0. The molecule has 0 aromatic carbocycles. The van der Waals surface area contributed by atoms with E-state index in [1.54, 1.807) is 6.26 Å². The van der Waals surface area contributed by atoms with Crippen molar-refractivity contribution in [3.8, 4) is 0 Å². The van der Waals surface area contributed by atoms with Crippen LogP contribution in [-0.2, 0) is 9.59 Å². The number of thioether (sulfide) groups is 1. The van der Waals surface area contributed by atoms with E-state index in [-0.39, 0.29) is 5.12 Å². The Kier molecular flexibility index (Phi) is 3.38. The predicted octanol–water partition coefficient (Wildman–Crippen LogP) is 0.264. The summed E-state index contributed by atoms with van der Waals surface area (Å²) in [4.78, 5) is 19.4. The summed E-state index contributed by atoms with van der Waals surface area (Å²) < 4.78 is 0. The second-order valence-corrected chi connectivity index (χ2v) is 1.60. The van der Waals surface area contributed by atoms with Gasteiger partial charge in [-0.1, -0.05) is 11.8 Å². The third-order valence-corrected chi connectivity index (χ3v) is 0.898. The molecule has 0 aliphatic heterocycles. The molecule has 0 rings (SSSR count). The van der Waals surface area contributed by atoms with Crippen LogP contribution in [0.25, 0.3) is 0 Å². The van der Waals surface area contributed by atoms with E-state index in [9.17, 15) is 9.59 Å². The molecule has 2 nitrogen and oxygen atoms in total. The van der Waals surface area contributed by atoms with Crippen molar-refractivity contribution in [2.75, 3.05) is 6.26 Å². The first-order chi connectivity index (χ1) is 3.31. The van der Waals surface area contributed by atoms with E-state index in [1.165, 1.54) is 5.94 Å². The highest BCUT2D eigenvalue weighted by atomic mass is 32.2. The van der Waals surface area contributed by atoms with Crippen molar-refractivity contribution in [2.45, 2.75) is 0 Å². The molecule has 0 aliphatic carbocycles. The van der Waals surface area contributed by atoms with Crippen LogP contribution in [0.1, 0.15) is 0 Å². The third-order valence-electron chi connectivity index (χ3n) is 0.378. The molecular formula is C4H4O2S. The minimum atomic E-state index is -0.255. The normalized spacial score (nSPS) is 7.00. The molecule has 0 aromatic rings. The SMILES string of the molecule is CSC(=O)C=C=O. The van der Waals surface area contributed by atoms with Crippen LogP contribution in [0.5, 0.6) is 0 Å². The number of rotatable bonds is 1. The van der Waals surface area contributed by atoms with Crippen LogP contribution in [-0.4, -0.2) is 17.3 Å². The van der Waals surface area contributed by atoms with Gasteiger partial charge in [0.05, 0.1) is 6.08 Å². The van der Waals surface area contributed by atoms with E-state index in [0.717, 1.165) is 17.8 Å². The first kappa shape index (κ1) is 6.47. The molecule has 0 spiro atoms. The Morgan fingerprint density at radius 1 is 1.86 bits per heavy atom. The second kappa shape index (κ2) is 3.65. The molecule has 0 amide bonds. The predicted molar refractivity (Wildman–Crippen MR) is 28.8 cm³/mol. The zero-order valence-corrected chi connectivity index (χ0v) is 4.62. The highest BCUT2D eigenvalue weighted by Gasteiger charge is 1.86. The first-order valence-electron chi connectivity index (χ1n) is 1.60. The lowest BCUT2D eigenvalue weighted by atomic mass is 10.7. The van der Waals surface area contributed by atoms with Gasteiger partial charge in [0, 0.05) is 0 Å². The van der Waals surface area contributed by atoms with E-state index >= 15 is 0 Å². The Hall–Kier alpha value is -0.530. The Balaban J connectivity index is 3.58. The Morgan fingerprint density at radius 3 is 2.57 bits per heavy atom. The fourth-order valence-electron chi connectivity index (χ4n) is 0.107. The van der Waals surface area contributed by atoms with Crippen molar-refractivity contribution >= 4 is 22.8 Å². The van der Waals surface area contributed by atoms with Gasteiger partial charge in [-0.15, -0.1) is 0 Å². The van der Waals surface area contributed by atoms with Crippen LogP contribution >= 0.6 is 11.8 Å². The minimum absolute atomic E-state index is 0.255. The van der Waals surface area contributed by atoms with Crippen LogP contribution in [0.2, 0.25) is 0 Å². The first-order valence-corrected chi connectivity index (χ1v) is 2.82. The zero-order chi connectivity index (χ0) is 5.70. The lowest BCUT2D eigenvalue weighted by Crippen LogP contribution is -1.79. The number of hydrogen-bond acceptors (Lipinski definition) is 3. The van der Waals surface area contributed by atoms with Crippen LogP contribution in [0.3, 0.4) is 0 Å². The monoisotopic (exact) mass is 116 g/mol. The number of carbonyl (C=O) groups excluding carboxylic acids is 2. The highest BCUT2D eigenvalue weighted by molar-refractivity contribution is 8.13. The molecule has 0 heterocycles. The molecule has 0 aliphatic rings. The van der Waals surface area contributed by atoms with Gasteiger partial charge < -0.3 is 0 Å². The molecule has 0 fully saturated rings. The van der Waals surface area contributed by atoms with Gasteiger partial charge in [-0.2, -0.15) is 0 Å². The fraction of sp³-hybridized carbons (Fsp3) is 0.250. The van der Waals surface area contributed by atoms with Crippen LogP contribution < -0.4 is 0 Å². The maximum Gasteiger partial charge on any atom is 0.222 e. The lowest BCUT2D eigenvalue weighted by Gasteiger charge is -1.73. The largest absolute Gasteiger partial charge is 0.281 e. The minimum Gasteiger partial charge on any atom is -0.281 e. The average Bonchev–Trinajstić information content (AvgIpc) is 1.68. The summed E-state index contributed by atoms with van der Waals surface area (Å²) in [6.07, 6.45) is 2.47. The second-order valence-electron chi connectivity index (χ2n) is 0.785. The van der Waals surface area contributed by atoms with Gasteiger partial charge in [-0.25, -0.2) is 4.79 Å². The zero-order valence-electron chi connectivity index (χ0n) is 3.80. The summed E-state index contributed by atoms with van der Waals surface area (Å²) in [6.45, 7) is 0. The highest BCUT2D eigenvalue weighted by Crippen LogP contribution is 1.91. The molecule has 0 aromatic heterocycles. The molecule has 0 atom stereocenters. The van der Waals surface area contributed by atoms with E-state index in [1.807, 2.05) is 0 Å². The molecule has 0 bridgehead atoms. The third kappa shape index (κ3) is 3.30. The fourth-order valence-corrected chi connectivity index (χ4v) is 0.273. The van der Waals surface area contributed by atoms with Gasteiger partial charge in [0.25, 0.3) is 0 Å². The number of hydrogen-bond donors (Lipinski definition) is 0. The summed E-state index contributed by atoms with van der Waals surface area (Å²) in [5, 5.41) is -0.255. The Labute approximate surface area is 45.6 Å². The van der Waals surface area contributed by atoms with Gasteiger partial charge in [0.1, 0.15) is 5.94 Å². The van der Waals surface area contributed by atoms with Crippen molar-refractivity contribution in [1.29, 1.82) is 0 Å². The van der Waals surface area contributed by atoms with E-state index in [0.29, 0.717) is 0 Å². The van der Waals surface area contributed by atoms with Crippen molar-refractivity contribution < 1.29 is 9.59 Å². The summed E-state index contributed by atoms with van der Waals surface area (Å²) in [5.41, 5.74) is 0. The summed E-state index contributed by atoms with van der Waals surface area (Å²) >= 11 is 0.992. The van der Waals surface area contributed by atoms with E-state index in [4.69, 9.17) is 0 Å². The van der Waals surface area contributed by atoms with Crippen molar-refractivity contribution in [3.05, 3.63) is 6.08 Å². The van der Waals surface area contributed by atoms with Crippen molar-refractivity contribution in [2.24, 2.45) is 0 Å².